The van der Waals surface area contributed by atoms with Gasteiger partial charge in [-0.3, -0.25) is 0 Å². The lowest BCUT2D eigenvalue weighted by Gasteiger charge is -2.17. The van der Waals surface area contributed by atoms with Crippen LogP contribution in [-0.4, -0.2) is 15.0 Å². The number of benzene rings is 10. The highest BCUT2D eigenvalue weighted by molar-refractivity contribution is 6.37. The summed E-state index contributed by atoms with van der Waals surface area (Å²) in [4.78, 5) is 15.8. The second kappa shape index (κ2) is 12.9. The molecule has 0 radical (unpaired) electrons. The molecule has 0 unspecified atom stereocenters. The Kier molecular flexibility index (Phi) is 7.23. The van der Waals surface area contributed by atoms with E-state index in [1.165, 1.54) is 59.2 Å². The summed E-state index contributed by atoms with van der Waals surface area (Å²) in [7, 11) is 0. The molecule has 0 aliphatic carbocycles. The van der Waals surface area contributed by atoms with Crippen molar-refractivity contribution in [3.8, 4) is 56.4 Å². The number of hydrogen-bond acceptors (Lipinski definition) is 3. The quantitative estimate of drug-likeness (QED) is 0.165. The summed E-state index contributed by atoms with van der Waals surface area (Å²) in [5.74, 6) is 1.90. The number of nitrogens with zero attached hydrogens (tertiary/aromatic N) is 3. The lowest BCUT2D eigenvalue weighted by atomic mass is 9.87. The Balaban J connectivity index is 1.18. The monoisotopic (exact) mass is 735 g/mol. The molecule has 0 amide bonds. The summed E-state index contributed by atoms with van der Waals surface area (Å²) in [5, 5.41) is 14.8. The van der Waals surface area contributed by atoms with E-state index < -0.39 is 0 Å². The second-order valence-corrected chi connectivity index (χ2v) is 15.2. The highest BCUT2D eigenvalue weighted by atomic mass is 15.0. The van der Waals surface area contributed by atoms with Gasteiger partial charge in [0.05, 0.1) is 0 Å². The molecule has 3 nitrogen and oxygen atoms in total. The van der Waals surface area contributed by atoms with Gasteiger partial charge in [-0.1, -0.05) is 170 Å². The summed E-state index contributed by atoms with van der Waals surface area (Å²) < 4.78 is 0. The molecule has 0 atom stereocenters. The summed E-state index contributed by atoms with van der Waals surface area (Å²) in [6.07, 6.45) is 0. The van der Waals surface area contributed by atoms with Crippen LogP contribution in [0.1, 0.15) is 0 Å². The number of hydrogen-bond donors (Lipinski definition) is 0. The van der Waals surface area contributed by atoms with Crippen molar-refractivity contribution in [2.24, 2.45) is 0 Å². The smallest absolute Gasteiger partial charge is 0.164 e. The maximum Gasteiger partial charge on any atom is 0.164 e. The lowest BCUT2D eigenvalue weighted by Crippen LogP contribution is -2.01. The Morgan fingerprint density at radius 2 is 0.569 bits per heavy atom. The Morgan fingerprint density at radius 3 is 1.05 bits per heavy atom. The van der Waals surface area contributed by atoms with Crippen LogP contribution in [-0.2, 0) is 0 Å². The molecular weight excluding hydrogens is 703 g/mol. The van der Waals surface area contributed by atoms with Gasteiger partial charge in [-0.05, 0) is 117 Å². The Hall–Kier alpha value is -7.75. The molecule has 0 N–H and O–H groups in total. The molecule has 11 aromatic carbocycles. The zero-order valence-electron chi connectivity index (χ0n) is 31.4. The fourth-order valence-electron chi connectivity index (χ4n) is 9.11. The van der Waals surface area contributed by atoms with E-state index in [0.717, 1.165) is 44.3 Å². The minimum Gasteiger partial charge on any atom is -0.208 e. The standard InChI is InChI=1S/C55H33N3/c1-4-13-34(14-5-1)41-30-42(35-15-6-2-7-16-35)32-43(31-41)54-56-53(39-17-8-3-9-18-39)57-55(58-54)44-29-40-28-27-38-20-11-23-46-45-22-10-19-36-25-26-37-21-12-24-47(51(37)49(36)45)48(33-44)52(40)50(38)46/h1-33H. The molecule has 0 spiro atoms. The minimum atomic E-state index is 0.628. The molecule has 12 aromatic rings. The van der Waals surface area contributed by atoms with Gasteiger partial charge in [0, 0.05) is 16.7 Å². The molecule has 0 saturated heterocycles. The first-order valence-corrected chi connectivity index (χ1v) is 19.8. The number of fused-ring (bicyclic) bond motifs is 2. The third-order valence-electron chi connectivity index (χ3n) is 11.8. The van der Waals surface area contributed by atoms with Gasteiger partial charge in [-0.15, -0.1) is 0 Å². The summed E-state index contributed by atoms with van der Waals surface area (Å²) >= 11 is 0. The van der Waals surface area contributed by atoms with E-state index >= 15 is 0 Å². The average molecular weight is 736 g/mol. The van der Waals surface area contributed by atoms with Gasteiger partial charge in [0.1, 0.15) is 0 Å². The number of aromatic nitrogens is 3. The summed E-state index contributed by atoms with van der Waals surface area (Å²) in [5.41, 5.74) is 7.30. The molecule has 12 rings (SSSR count). The van der Waals surface area contributed by atoms with Gasteiger partial charge in [0.2, 0.25) is 0 Å². The SMILES string of the molecule is c1ccc(-c2cc(-c3ccccc3)cc(-c3nc(-c4ccccc4)nc(-c4cc5ccc6cccc7c8cccc9ccc%10cccc(c(c4)c5c67)c%10c98)n3)c2)cc1. The predicted octanol–water partition coefficient (Wildman–Crippen LogP) is 14.6. The molecule has 58 heavy (non-hydrogen) atoms. The van der Waals surface area contributed by atoms with Gasteiger partial charge in [-0.2, -0.15) is 0 Å². The van der Waals surface area contributed by atoms with Crippen molar-refractivity contribution in [2.45, 2.75) is 0 Å². The fraction of sp³-hybridized carbons (Fsp3) is 0. The van der Waals surface area contributed by atoms with Crippen LogP contribution in [0, 0.1) is 0 Å². The molecular formula is C55H33N3. The average Bonchev–Trinajstić information content (AvgIpc) is 3.30. The minimum absolute atomic E-state index is 0.628. The lowest BCUT2D eigenvalue weighted by molar-refractivity contribution is 1.07. The first-order valence-electron chi connectivity index (χ1n) is 19.8. The maximum atomic E-state index is 5.37. The van der Waals surface area contributed by atoms with Crippen LogP contribution in [0.15, 0.2) is 200 Å². The van der Waals surface area contributed by atoms with Crippen LogP contribution < -0.4 is 0 Å². The van der Waals surface area contributed by atoms with Gasteiger partial charge in [-0.25, -0.2) is 15.0 Å². The van der Waals surface area contributed by atoms with E-state index in [0.29, 0.717) is 17.5 Å². The molecule has 1 heterocycles. The van der Waals surface area contributed by atoms with Crippen molar-refractivity contribution in [1.29, 1.82) is 0 Å². The molecule has 268 valence electrons. The highest BCUT2D eigenvalue weighted by Gasteiger charge is 2.19. The van der Waals surface area contributed by atoms with Crippen LogP contribution >= 0.6 is 0 Å². The fourth-order valence-corrected chi connectivity index (χ4v) is 9.11. The molecule has 0 saturated carbocycles. The van der Waals surface area contributed by atoms with Gasteiger partial charge in [0.15, 0.2) is 17.5 Å². The molecule has 0 aliphatic heterocycles. The van der Waals surface area contributed by atoms with Crippen molar-refractivity contribution in [3.05, 3.63) is 200 Å². The highest BCUT2D eigenvalue weighted by Crippen LogP contribution is 2.44. The molecule has 0 bridgehead atoms. The zero-order chi connectivity index (χ0) is 38.2. The van der Waals surface area contributed by atoms with Crippen LogP contribution in [0.5, 0.6) is 0 Å². The maximum absolute atomic E-state index is 5.37. The van der Waals surface area contributed by atoms with Crippen LogP contribution in [0.2, 0.25) is 0 Å². The van der Waals surface area contributed by atoms with Crippen molar-refractivity contribution in [1.82, 2.24) is 15.0 Å². The zero-order valence-corrected chi connectivity index (χ0v) is 31.4. The predicted molar refractivity (Wildman–Crippen MR) is 243 cm³/mol. The Bertz CT molecular complexity index is 3480. The first kappa shape index (κ1) is 32.5. The summed E-state index contributed by atoms with van der Waals surface area (Å²) in [6.45, 7) is 0. The Morgan fingerprint density at radius 1 is 0.207 bits per heavy atom. The van der Waals surface area contributed by atoms with Crippen molar-refractivity contribution >= 4 is 64.6 Å². The van der Waals surface area contributed by atoms with Crippen LogP contribution in [0.3, 0.4) is 0 Å². The van der Waals surface area contributed by atoms with Gasteiger partial charge in [0.25, 0.3) is 0 Å². The van der Waals surface area contributed by atoms with Crippen molar-refractivity contribution in [3.63, 3.8) is 0 Å². The van der Waals surface area contributed by atoms with E-state index in [-0.39, 0.29) is 0 Å². The van der Waals surface area contributed by atoms with E-state index in [9.17, 15) is 0 Å². The van der Waals surface area contributed by atoms with Gasteiger partial charge >= 0.3 is 0 Å². The Labute approximate surface area is 334 Å². The normalized spacial score (nSPS) is 11.8. The number of rotatable bonds is 5. The van der Waals surface area contributed by atoms with Crippen LogP contribution in [0.4, 0.5) is 0 Å². The molecule has 3 heteroatoms. The second-order valence-electron chi connectivity index (χ2n) is 15.2. The third kappa shape index (κ3) is 5.18. The molecule has 1 aromatic heterocycles. The van der Waals surface area contributed by atoms with E-state index in [1.54, 1.807) is 0 Å². The summed E-state index contributed by atoms with van der Waals surface area (Å²) in [6, 6.07) is 71.8. The largest absolute Gasteiger partial charge is 0.208 e. The topological polar surface area (TPSA) is 38.7 Å². The van der Waals surface area contributed by atoms with Crippen molar-refractivity contribution in [2.75, 3.05) is 0 Å². The van der Waals surface area contributed by atoms with E-state index in [2.05, 4.69) is 182 Å². The van der Waals surface area contributed by atoms with Crippen LogP contribution in [0.25, 0.3) is 121 Å². The van der Waals surface area contributed by atoms with E-state index in [1.807, 2.05) is 18.2 Å². The third-order valence-corrected chi connectivity index (χ3v) is 11.8. The van der Waals surface area contributed by atoms with Gasteiger partial charge < -0.3 is 0 Å². The molecule has 0 fully saturated rings. The first-order chi connectivity index (χ1) is 28.7. The van der Waals surface area contributed by atoms with E-state index in [4.69, 9.17) is 15.0 Å². The van der Waals surface area contributed by atoms with Crippen molar-refractivity contribution < 1.29 is 0 Å². The molecule has 0 aliphatic rings.